The topological polar surface area (TPSA) is 50.8 Å². The van der Waals surface area contributed by atoms with Crippen LogP contribution in [0.3, 0.4) is 0 Å². The van der Waals surface area contributed by atoms with Gasteiger partial charge in [-0.25, -0.2) is 0 Å². The third-order valence-corrected chi connectivity index (χ3v) is 5.27. The van der Waals surface area contributed by atoms with Gasteiger partial charge in [-0.2, -0.15) is 0 Å². The first-order chi connectivity index (χ1) is 12.1. The summed E-state index contributed by atoms with van der Waals surface area (Å²) in [5.74, 6) is 2.57. The Morgan fingerprint density at radius 3 is 2.88 bits per heavy atom. The van der Waals surface area contributed by atoms with Crippen LogP contribution < -0.4 is 14.8 Å². The maximum Gasteiger partial charge on any atom is 0.225 e. The summed E-state index contributed by atoms with van der Waals surface area (Å²) < 4.78 is 11.5. The van der Waals surface area contributed by atoms with Gasteiger partial charge in [-0.1, -0.05) is 39.3 Å². The molecule has 1 fully saturated rings. The van der Waals surface area contributed by atoms with E-state index in [-0.39, 0.29) is 11.8 Å². The summed E-state index contributed by atoms with van der Waals surface area (Å²) in [6.07, 6.45) is 2.08. The normalized spacial score (nSPS) is 23.0. The third kappa shape index (κ3) is 4.09. The number of nitrogens with zero attached hydrogens (tertiary/aromatic N) is 1. The largest absolute Gasteiger partial charge is 0.486 e. The SMILES string of the molecule is CC[C@@H]1CN(C(=O)C(C)C)CC[C@H]1NCc1cccc2c1OCCO2. The van der Waals surface area contributed by atoms with E-state index in [2.05, 4.69) is 18.3 Å². The molecule has 0 unspecified atom stereocenters. The van der Waals surface area contributed by atoms with Crippen LogP contribution in [0.1, 0.15) is 39.2 Å². The molecular formula is C20H30N2O3. The van der Waals surface area contributed by atoms with Crippen LogP contribution in [-0.4, -0.2) is 43.2 Å². The van der Waals surface area contributed by atoms with Gasteiger partial charge in [0.15, 0.2) is 11.5 Å². The Bertz CT molecular complexity index is 603. The number of hydrogen-bond donors (Lipinski definition) is 1. The molecule has 2 aliphatic heterocycles. The van der Waals surface area contributed by atoms with Gasteiger partial charge in [-0.15, -0.1) is 0 Å². The van der Waals surface area contributed by atoms with Crippen LogP contribution in [0.2, 0.25) is 0 Å². The molecule has 0 spiro atoms. The van der Waals surface area contributed by atoms with Gasteiger partial charge in [0.05, 0.1) is 0 Å². The lowest BCUT2D eigenvalue weighted by Crippen LogP contribution is -2.51. The zero-order valence-electron chi connectivity index (χ0n) is 15.6. The molecule has 5 nitrogen and oxygen atoms in total. The highest BCUT2D eigenvalue weighted by Gasteiger charge is 2.31. The van der Waals surface area contributed by atoms with E-state index in [1.165, 1.54) is 0 Å². The van der Waals surface area contributed by atoms with Gasteiger partial charge >= 0.3 is 0 Å². The zero-order valence-corrected chi connectivity index (χ0v) is 15.6. The third-order valence-electron chi connectivity index (χ3n) is 5.27. The Labute approximate surface area is 150 Å². The minimum atomic E-state index is 0.0787. The number of rotatable bonds is 5. The van der Waals surface area contributed by atoms with Gasteiger partial charge in [0, 0.05) is 37.2 Å². The van der Waals surface area contributed by atoms with Crippen molar-refractivity contribution in [2.75, 3.05) is 26.3 Å². The van der Waals surface area contributed by atoms with Crippen LogP contribution in [-0.2, 0) is 11.3 Å². The van der Waals surface area contributed by atoms with Crippen molar-refractivity contribution in [3.63, 3.8) is 0 Å². The molecule has 1 aromatic carbocycles. The van der Waals surface area contributed by atoms with Crippen LogP contribution >= 0.6 is 0 Å². The van der Waals surface area contributed by atoms with E-state index in [9.17, 15) is 4.79 Å². The summed E-state index contributed by atoms with van der Waals surface area (Å²) in [5.41, 5.74) is 1.15. The number of fused-ring (bicyclic) bond motifs is 1. The Hall–Kier alpha value is -1.75. The number of benzene rings is 1. The minimum Gasteiger partial charge on any atom is -0.486 e. The summed E-state index contributed by atoms with van der Waals surface area (Å²) >= 11 is 0. The average molecular weight is 346 g/mol. The predicted octanol–water partition coefficient (Wildman–Crippen LogP) is 2.83. The number of likely N-dealkylation sites (tertiary alicyclic amines) is 1. The molecule has 0 aromatic heterocycles. The summed E-state index contributed by atoms with van der Waals surface area (Å²) in [4.78, 5) is 14.3. The number of nitrogens with one attached hydrogen (secondary N) is 1. The van der Waals surface area contributed by atoms with Crippen molar-refractivity contribution in [1.82, 2.24) is 10.2 Å². The fourth-order valence-electron chi connectivity index (χ4n) is 3.79. The summed E-state index contributed by atoms with van der Waals surface area (Å²) in [7, 11) is 0. The van der Waals surface area contributed by atoms with E-state index in [1.54, 1.807) is 0 Å². The molecule has 0 bridgehead atoms. The Balaban J connectivity index is 1.61. The fraction of sp³-hybridized carbons (Fsp3) is 0.650. The molecule has 2 heterocycles. The maximum atomic E-state index is 12.3. The molecule has 0 aliphatic carbocycles. The highest BCUT2D eigenvalue weighted by Crippen LogP contribution is 2.34. The number of amides is 1. The lowest BCUT2D eigenvalue weighted by Gasteiger charge is -2.39. The quantitative estimate of drug-likeness (QED) is 0.891. The number of hydrogen-bond acceptors (Lipinski definition) is 4. The zero-order chi connectivity index (χ0) is 17.8. The van der Waals surface area contributed by atoms with Gasteiger partial charge in [0.1, 0.15) is 13.2 Å². The average Bonchev–Trinajstić information content (AvgIpc) is 2.65. The number of piperidine rings is 1. The van der Waals surface area contributed by atoms with Crippen LogP contribution in [0.5, 0.6) is 11.5 Å². The lowest BCUT2D eigenvalue weighted by molar-refractivity contribution is -0.136. The van der Waals surface area contributed by atoms with E-state index in [1.807, 2.05) is 30.9 Å². The Kier molecular flexibility index (Phi) is 5.84. The monoisotopic (exact) mass is 346 g/mol. The second-order valence-corrected chi connectivity index (χ2v) is 7.32. The van der Waals surface area contributed by atoms with Gasteiger partial charge in [-0.3, -0.25) is 4.79 Å². The van der Waals surface area contributed by atoms with Crippen molar-refractivity contribution >= 4 is 5.91 Å². The van der Waals surface area contributed by atoms with E-state index in [0.29, 0.717) is 25.2 Å². The van der Waals surface area contributed by atoms with Crippen molar-refractivity contribution in [3.05, 3.63) is 23.8 Å². The first-order valence-electron chi connectivity index (χ1n) is 9.49. The van der Waals surface area contributed by atoms with E-state index in [4.69, 9.17) is 9.47 Å². The standard InChI is InChI=1S/C20H30N2O3/c1-4-15-13-22(20(23)14(2)3)9-8-17(15)21-12-16-6-5-7-18-19(16)25-11-10-24-18/h5-7,14-15,17,21H,4,8-13H2,1-3H3/t15-,17-/m1/s1. The van der Waals surface area contributed by atoms with Crippen molar-refractivity contribution in [3.8, 4) is 11.5 Å². The molecule has 1 N–H and O–H groups in total. The summed E-state index contributed by atoms with van der Waals surface area (Å²) in [6, 6.07) is 6.51. The van der Waals surface area contributed by atoms with Crippen molar-refractivity contribution in [1.29, 1.82) is 0 Å². The number of para-hydroxylation sites is 1. The van der Waals surface area contributed by atoms with Gasteiger partial charge in [-0.05, 0) is 18.4 Å². The smallest absolute Gasteiger partial charge is 0.225 e. The van der Waals surface area contributed by atoms with E-state index >= 15 is 0 Å². The predicted molar refractivity (Wildman–Crippen MR) is 97.9 cm³/mol. The maximum absolute atomic E-state index is 12.3. The molecule has 1 saturated heterocycles. The molecule has 2 aliphatic rings. The first-order valence-corrected chi connectivity index (χ1v) is 9.49. The molecule has 1 amide bonds. The van der Waals surface area contributed by atoms with Crippen LogP contribution in [0.15, 0.2) is 18.2 Å². The molecule has 5 heteroatoms. The molecule has 3 rings (SSSR count). The van der Waals surface area contributed by atoms with Crippen molar-refractivity contribution in [2.24, 2.45) is 11.8 Å². The molecule has 2 atom stereocenters. The van der Waals surface area contributed by atoms with Crippen LogP contribution in [0, 0.1) is 11.8 Å². The minimum absolute atomic E-state index is 0.0787. The molecule has 0 radical (unpaired) electrons. The van der Waals surface area contributed by atoms with Gasteiger partial charge in [0.25, 0.3) is 0 Å². The number of ether oxygens (including phenoxy) is 2. The molecule has 1 aromatic rings. The van der Waals surface area contributed by atoms with E-state index in [0.717, 1.165) is 49.5 Å². The van der Waals surface area contributed by atoms with Gasteiger partial charge < -0.3 is 19.7 Å². The highest BCUT2D eigenvalue weighted by atomic mass is 16.6. The second kappa shape index (κ2) is 8.09. The van der Waals surface area contributed by atoms with Gasteiger partial charge in [0.2, 0.25) is 5.91 Å². The Morgan fingerprint density at radius 2 is 2.12 bits per heavy atom. The summed E-state index contributed by atoms with van der Waals surface area (Å²) in [6.45, 7) is 9.87. The fourth-order valence-corrected chi connectivity index (χ4v) is 3.79. The summed E-state index contributed by atoms with van der Waals surface area (Å²) in [5, 5.41) is 3.70. The number of carbonyl (C=O) groups is 1. The van der Waals surface area contributed by atoms with Crippen LogP contribution in [0.25, 0.3) is 0 Å². The highest BCUT2D eigenvalue weighted by molar-refractivity contribution is 5.78. The molecular weight excluding hydrogens is 316 g/mol. The van der Waals surface area contributed by atoms with Crippen LogP contribution in [0.4, 0.5) is 0 Å². The van der Waals surface area contributed by atoms with E-state index < -0.39 is 0 Å². The Morgan fingerprint density at radius 1 is 1.32 bits per heavy atom. The molecule has 25 heavy (non-hydrogen) atoms. The molecule has 138 valence electrons. The van der Waals surface area contributed by atoms with Crippen molar-refractivity contribution in [2.45, 2.75) is 46.2 Å². The molecule has 0 saturated carbocycles. The second-order valence-electron chi connectivity index (χ2n) is 7.32. The lowest BCUT2D eigenvalue weighted by atomic mass is 9.89. The number of carbonyl (C=O) groups excluding carboxylic acids is 1. The first kappa shape index (κ1) is 18.1. The van der Waals surface area contributed by atoms with Crippen molar-refractivity contribution < 1.29 is 14.3 Å².